The van der Waals surface area contributed by atoms with Crippen LogP contribution in [0.2, 0.25) is 0 Å². The molecule has 6 rings (SSSR count). The van der Waals surface area contributed by atoms with Gasteiger partial charge >= 0.3 is 0 Å². The van der Waals surface area contributed by atoms with E-state index in [1.54, 1.807) is 0 Å². The number of fused-ring (bicyclic) bond motifs is 6. The summed E-state index contributed by atoms with van der Waals surface area (Å²) in [5, 5.41) is 21.4. The predicted molar refractivity (Wildman–Crippen MR) is 147 cm³/mol. The van der Waals surface area contributed by atoms with Crippen LogP contribution in [-0.4, -0.2) is 32.4 Å². The monoisotopic (exact) mass is 560 g/mol. The Kier molecular flexibility index (Phi) is 6.93. The zero-order chi connectivity index (χ0) is 28.7. The highest BCUT2D eigenvalue weighted by Crippen LogP contribution is 2.68. The smallest absolute Gasteiger partial charge is 0.261 e. The van der Waals surface area contributed by atoms with Gasteiger partial charge in [-0.2, -0.15) is 0 Å². The molecular formula is C32H43F3N2O3. The van der Waals surface area contributed by atoms with Crippen molar-refractivity contribution in [2.45, 2.75) is 104 Å². The summed E-state index contributed by atoms with van der Waals surface area (Å²) >= 11 is 0. The van der Waals surface area contributed by atoms with Gasteiger partial charge in [0.05, 0.1) is 12.2 Å². The van der Waals surface area contributed by atoms with Crippen LogP contribution < -0.4 is 5.56 Å². The largest absolute Gasteiger partial charge is 0.393 e. The Morgan fingerprint density at radius 3 is 2.50 bits per heavy atom. The first-order valence-electron chi connectivity index (χ1n) is 15.3. The average Bonchev–Trinajstić information content (AvgIpc) is 3.28. The van der Waals surface area contributed by atoms with Gasteiger partial charge < -0.3 is 15.2 Å². The van der Waals surface area contributed by atoms with Crippen molar-refractivity contribution >= 4 is 10.9 Å². The second kappa shape index (κ2) is 9.82. The van der Waals surface area contributed by atoms with Crippen LogP contribution in [0.4, 0.5) is 13.2 Å². The van der Waals surface area contributed by atoms with E-state index in [0.29, 0.717) is 42.4 Å². The third-order valence-corrected chi connectivity index (χ3v) is 12.6. The Balaban J connectivity index is 1.21. The zero-order valence-corrected chi connectivity index (χ0v) is 24.1. The highest BCUT2D eigenvalue weighted by Gasteiger charge is 2.63. The molecule has 0 amide bonds. The Morgan fingerprint density at radius 1 is 1.00 bits per heavy atom. The van der Waals surface area contributed by atoms with E-state index in [0.717, 1.165) is 45.4 Å². The number of hydrogen-bond donors (Lipinski definition) is 3. The molecule has 0 bridgehead atoms. The molecule has 1 unspecified atom stereocenters. The second-order valence-electron chi connectivity index (χ2n) is 14.2. The highest BCUT2D eigenvalue weighted by molar-refractivity contribution is 5.80. The van der Waals surface area contributed by atoms with Gasteiger partial charge in [-0.25, -0.2) is 18.2 Å². The third-order valence-electron chi connectivity index (χ3n) is 12.6. The molecule has 2 aromatic rings. The van der Waals surface area contributed by atoms with Crippen LogP contribution in [0.25, 0.3) is 10.9 Å². The Labute approximate surface area is 234 Å². The highest BCUT2D eigenvalue weighted by atomic mass is 19.2. The van der Waals surface area contributed by atoms with E-state index < -0.39 is 39.5 Å². The van der Waals surface area contributed by atoms with Gasteiger partial charge in [-0.1, -0.05) is 20.8 Å². The summed E-state index contributed by atoms with van der Waals surface area (Å²) in [5.41, 5.74) is -1.78. The summed E-state index contributed by atoms with van der Waals surface area (Å²) in [4.78, 5) is 19.3. The number of nitrogens with zero attached hydrogens (tertiary/aromatic N) is 1. The molecule has 0 spiro atoms. The fourth-order valence-electron chi connectivity index (χ4n) is 10.3. The van der Waals surface area contributed by atoms with Crippen LogP contribution >= 0.6 is 0 Å². The van der Waals surface area contributed by atoms with Gasteiger partial charge in [0.2, 0.25) is 0 Å². The van der Waals surface area contributed by atoms with E-state index in [9.17, 15) is 28.2 Å². The fraction of sp³-hybridized carbons (Fsp3) is 0.750. The van der Waals surface area contributed by atoms with Crippen molar-refractivity contribution in [2.24, 2.45) is 46.3 Å². The summed E-state index contributed by atoms with van der Waals surface area (Å²) in [6.45, 7) is 8.04. The molecule has 0 aliphatic heterocycles. The first-order chi connectivity index (χ1) is 18.9. The zero-order valence-electron chi connectivity index (χ0n) is 24.1. The Bertz CT molecular complexity index is 1380. The summed E-state index contributed by atoms with van der Waals surface area (Å²) < 4.78 is 43.2. The fourth-order valence-corrected chi connectivity index (χ4v) is 10.3. The van der Waals surface area contributed by atoms with Crippen LogP contribution in [0.1, 0.15) is 89.9 Å². The van der Waals surface area contributed by atoms with Crippen molar-refractivity contribution in [3.63, 3.8) is 0 Å². The molecule has 10 atom stereocenters. The number of benzene rings is 1. The topological polar surface area (TPSA) is 86.2 Å². The van der Waals surface area contributed by atoms with E-state index >= 15 is 0 Å². The van der Waals surface area contributed by atoms with Gasteiger partial charge in [-0.15, -0.1) is 0 Å². The van der Waals surface area contributed by atoms with E-state index in [2.05, 4.69) is 30.7 Å². The number of aliphatic hydroxyl groups excluding tert-OH is 2. The Hall–Kier alpha value is -1.93. The molecule has 8 heteroatoms. The summed E-state index contributed by atoms with van der Waals surface area (Å²) in [6.07, 6.45) is 8.62. The van der Waals surface area contributed by atoms with Gasteiger partial charge in [-0.05, 0) is 111 Å². The summed E-state index contributed by atoms with van der Waals surface area (Å²) in [5.74, 6) is -0.825. The number of aliphatic hydroxyl groups is 2. The first-order valence-corrected chi connectivity index (χ1v) is 15.3. The number of hydrogen-bond acceptors (Lipinski definition) is 4. The lowest BCUT2D eigenvalue weighted by Gasteiger charge is -2.62. The van der Waals surface area contributed by atoms with Crippen molar-refractivity contribution in [2.75, 3.05) is 0 Å². The molecule has 1 aromatic carbocycles. The third kappa shape index (κ3) is 4.02. The van der Waals surface area contributed by atoms with Gasteiger partial charge in [-0.3, -0.25) is 4.79 Å². The maximum atomic E-state index is 14.7. The molecular weight excluding hydrogens is 517 g/mol. The van der Waals surface area contributed by atoms with E-state index in [1.807, 2.05) is 0 Å². The quantitative estimate of drug-likeness (QED) is 0.388. The van der Waals surface area contributed by atoms with Crippen LogP contribution in [0, 0.1) is 70.7 Å². The molecule has 4 aliphatic rings. The normalized spacial score (nSPS) is 40.0. The van der Waals surface area contributed by atoms with Crippen molar-refractivity contribution in [3.05, 3.63) is 39.2 Å². The number of aromatic amines is 1. The van der Waals surface area contributed by atoms with Crippen LogP contribution in [-0.2, 0) is 6.42 Å². The maximum Gasteiger partial charge on any atom is 0.261 e. The molecule has 1 aromatic heterocycles. The number of aromatic nitrogens is 2. The number of halogens is 3. The number of nitrogens with one attached hydrogen (secondary N) is 1. The van der Waals surface area contributed by atoms with Gasteiger partial charge in [0, 0.05) is 12.0 Å². The standard InChI is InChI=1S/C32H43F3N2O3/c1-15(5-10-24-36-29-25(30(40)37-24)28(35)26(33)16(2)27(29)34)20-8-9-21-19-7-6-17-13-18(38)11-12-31(17,3)22(19)14-23(39)32(20,21)4/h15,17-23,38-39H,5-14H2,1-4H3,(H,36,37,40)/t15-,17-,18-,19+,20-,21+,22?,23+,31+,32-/m1/s1. The van der Waals surface area contributed by atoms with Gasteiger partial charge in [0.1, 0.15) is 16.7 Å². The summed E-state index contributed by atoms with van der Waals surface area (Å²) in [7, 11) is 0. The molecule has 1 heterocycles. The lowest BCUT2D eigenvalue weighted by molar-refractivity contribution is -0.174. The van der Waals surface area contributed by atoms with Gasteiger partial charge in [0.25, 0.3) is 5.56 Å². The molecule has 4 fully saturated rings. The summed E-state index contributed by atoms with van der Waals surface area (Å²) in [6, 6.07) is 0. The van der Waals surface area contributed by atoms with E-state index in [4.69, 9.17) is 0 Å². The molecule has 4 saturated carbocycles. The minimum absolute atomic E-state index is 0.183. The maximum absolute atomic E-state index is 14.7. The predicted octanol–water partition coefficient (Wildman–Crippen LogP) is 6.21. The van der Waals surface area contributed by atoms with Crippen LogP contribution in [0.5, 0.6) is 0 Å². The Morgan fingerprint density at radius 2 is 1.75 bits per heavy atom. The molecule has 4 aliphatic carbocycles. The number of rotatable bonds is 4. The van der Waals surface area contributed by atoms with Crippen LogP contribution in [0.15, 0.2) is 4.79 Å². The molecule has 0 radical (unpaired) electrons. The molecule has 0 saturated heterocycles. The lowest BCUT2D eigenvalue weighted by atomic mass is 9.43. The molecule has 5 nitrogen and oxygen atoms in total. The van der Waals surface area contributed by atoms with Crippen molar-refractivity contribution in [3.8, 4) is 0 Å². The molecule has 220 valence electrons. The second-order valence-corrected chi connectivity index (χ2v) is 14.2. The minimum Gasteiger partial charge on any atom is -0.393 e. The van der Waals surface area contributed by atoms with Gasteiger partial charge in [0.15, 0.2) is 17.5 Å². The average molecular weight is 561 g/mol. The minimum atomic E-state index is -1.37. The molecule has 40 heavy (non-hydrogen) atoms. The SMILES string of the molecule is Cc1c(F)c(F)c2c(=O)[nH]c(CC[C@@H](C)[C@H]3CC[C@H]4[C@@H]5CC[C@@H]6C[C@H](O)CC[C@]6(C)C5C[C@H](O)[C@]34C)nc2c1F. The number of H-pyrrole nitrogens is 1. The van der Waals surface area contributed by atoms with Crippen molar-refractivity contribution in [1.82, 2.24) is 9.97 Å². The first kappa shape index (κ1) is 28.2. The van der Waals surface area contributed by atoms with Crippen molar-refractivity contribution < 1.29 is 23.4 Å². The lowest BCUT2D eigenvalue weighted by Crippen LogP contribution is -2.58. The van der Waals surface area contributed by atoms with E-state index in [1.165, 1.54) is 12.8 Å². The van der Waals surface area contributed by atoms with Crippen molar-refractivity contribution in [1.29, 1.82) is 0 Å². The van der Waals surface area contributed by atoms with E-state index in [-0.39, 0.29) is 34.8 Å². The number of aryl methyl sites for hydroxylation is 1. The van der Waals surface area contributed by atoms with Crippen LogP contribution in [0.3, 0.4) is 0 Å². The molecule has 3 N–H and O–H groups in total.